The number of nitrogens with zero attached hydrogens (tertiary/aromatic N) is 1. The van der Waals surface area contributed by atoms with E-state index in [0.29, 0.717) is 6.54 Å². The Hall–Kier alpha value is -0.710. The van der Waals surface area contributed by atoms with Crippen LogP contribution in [0.25, 0.3) is 0 Å². The molecule has 6 nitrogen and oxygen atoms in total. The topological polar surface area (TPSA) is 88.6 Å². The molecule has 0 radical (unpaired) electrons. The fourth-order valence-corrected chi connectivity index (χ4v) is 4.67. The number of amidine groups is 1. The van der Waals surface area contributed by atoms with Crippen molar-refractivity contribution < 1.29 is 21.9 Å². The van der Waals surface area contributed by atoms with E-state index < -0.39 is 23.9 Å². The van der Waals surface area contributed by atoms with E-state index in [4.69, 9.17) is 4.99 Å². The van der Waals surface area contributed by atoms with Gasteiger partial charge in [-0.05, 0) is 33.1 Å². The molecule has 0 saturated heterocycles. The Bertz CT molecular complexity index is 559. The third-order valence-electron chi connectivity index (χ3n) is 5.31. The van der Waals surface area contributed by atoms with E-state index in [9.17, 15) is 21.9 Å². The lowest BCUT2D eigenvalue weighted by Crippen LogP contribution is -2.77. The zero-order chi connectivity index (χ0) is 17.8. The van der Waals surface area contributed by atoms with Crippen LogP contribution in [0.15, 0.2) is 4.99 Å². The molecule has 0 aromatic heterocycles. The van der Waals surface area contributed by atoms with Gasteiger partial charge in [0, 0.05) is 35.3 Å². The van der Waals surface area contributed by atoms with E-state index in [1.54, 1.807) is 0 Å². The molecule has 0 spiro atoms. The highest BCUT2D eigenvalue weighted by atomic mass is 32.2. The largest absolute Gasteiger partial charge is 0.760 e. The number of rotatable bonds is 7. The predicted octanol–water partition coefficient (Wildman–Crippen LogP) is 0.984. The standard InChI is InChI=1S/C14H23F3N4O2S/c1-11(2)9(5-18-4-3-14(15,16)17)19-10(20-11)12-6-13(7-12,8-12)21-24(22)23/h9,18,21H,3-8H2,1-2H3,(H,19,20)(H,22,23)/p-1/t9-,12?,13?/m0/s1. The quantitative estimate of drug-likeness (QED) is 0.462. The summed E-state index contributed by atoms with van der Waals surface area (Å²) in [6.45, 7) is 4.22. The summed E-state index contributed by atoms with van der Waals surface area (Å²) in [5, 5.41) is 6.23. The highest BCUT2D eigenvalue weighted by molar-refractivity contribution is 7.77. The number of alkyl halides is 3. The van der Waals surface area contributed by atoms with Gasteiger partial charge in [0.25, 0.3) is 0 Å². The van der Waals surface area contributed by atoms with Gasteiger partial charge in [-0.3, -0.25) is 9.20 Å². The summed E-state index contributed by atoms with van der Waals surface area (Å²) in [6, 6.07) is -0.146. The first-order valence-electron chi connectivity index (χ1n) is 7.97. The molecule has 2 bridgehead atoms. The minimum Gasteiger partial charge on any atom is -0.760 e. The molecule has 2 atom stereocenters. The summed E-state index contributed by atoms with van der Waals surface area (Å²) < 4.78 is 60.7. The van der Waals surface area contributed by atoms with E-state index in [1.165, 1.54) is 0 Å². The zero-order valence-electron chi connectivity index (χ0n) is 13.6. The predicted molar refractivity (Wildman–Crippen MR) is 83.0 cm³/mol. The van der Waals surface area contributed by atoms with E-state index in [1.807, 2.05) is 13.8 Å². The average molecular weight is 367 g/mol. The fourth-order valence-electron chi connectivity index (χ4n) is 4.10. The lowest BCUT2D eigenvalue weighted by molar-refractivity contribution is -0.133. The molecule has 1 unspecified atom stereocenters. The van der Waals surface area contributed by atoms with E-state index >= 15 is 0 Å². The van der Waals surface area contributed by atoms with Crippen molar-refractivity contribution >= 4 is 17.1 Å². The monoisotopic (exact) mass is 367 g/mol. The van der Waals surface area contributed by atoms with Crippen LogP contribution in [-0.4, -0.2) is 51.0 Å². The second-order valence-corrected chi connectivity index (χ2v) is 8.51. The maximum atomic E-state index is 12.2. The van der Waals surface area contributed by atoms with Crippen LogP contribution in [0, 0.1) is 5.41 Å². The maximum Gasteiger partial charge on any atom is 0.390 e. The summed E-state index contributed by atoms with van der Waals surface area (Å²) in [5.74, 6) is 0.871. The molecular weight excluding hydrogens is 345 g/mol. The van der Waals surface area contributed by atoms with Crippen molar-refractivity contribution in [3.63, 3.8) is 0 Å². The molecule has 4 aliphatic rings. The Balaban J connectivity index is 1.53. The molecule has 3 N–H and O–H groups in total. The SMILES string of the molecule is CC1(C)NC(C23CC(NS(=O)[O-])(C2)C3)=N[C@H]1CNCCC(F)(F)F. The summed E-state index contributed by atoms with van der Waals surface area (Å²) >= 11 is -2.26. The van der Waals surface area contributed by atoms with Gasteiger partial charge in [-0.25, -0.2) is 4.72 Å². The van der Waals surface area contributed by atoms with E-state index in [2.05, 4.69) is 15.4 Å². The van der Waals surface area contributed by atoms with Crippen LogP contribution in [0.1, 0.15) is 39.5 Å². The Morgan fingerprint density at radius 2 is 2.00 bits per heavy atom. The minimum absolute atomic E-state index is 0.0929. The second kappa shape index (κ2) is 5.65. The molecule has 0 amide bonds. The third-order valence-corrected chi connectivity index (χ3v) is 5.91. The van der Waals surface area contributed by atoms with Gasteiger partial charge in [0.2, 0.25) is 0 Å². The van der Waals surface area contributed by atoms with E-state index in [0.717, 1.165) is 25.1 Å². The lowest BCUT2D eigenvalue weighted by Gasteiger charge is -2.70. The van der Waals surface area contributed by atoms with Gasteiger partial charge in [0.15, 0.2) is 0 Å². The zero-order valence-corrected chi connectivity index (χ0v) is 14.4. The van der Waals surface area contributed by atoms with Crippen LogP contribution in [0.3, 0.4) is 0 Å². The molecule has 3 fully saturated rings. The third kappa shape index (κ3) is 3.33. The van der Waals surface area contributed by atoms with Gasteiger partial charge in [0.05, 0.1) is 18.0 Å². The average Bonchev–Trinajstić information content (AvgIpc) is 2.61. The van der Waals surface area contributed by atoms with Crippen LogP contribution in [0.2, 0.25) is 0 Å². The minimum atomic E-state index is -4.15. The smallest absolute Gasteiger partial charge is 0.390 e. The number of hydrogen-bond donors (Lipinski definition) is 3. The normalized spacial score (nSPS) is 37.9. The molecule has 1 heterocycles. The number of nitrogens with one attached hydrogen (secondary N) is 3. The van der Waals surface area contributed by atoms with Crippen molar-refractivity contribution in [3.05, 3.63) is 0 Å². The molecule has 24 heavy (non-hydrogen) atoms. The molecule has 10 heteroatoms. The summed E-state index contributed by atoms with van der Waals surface area (Å²) in [7, 11) is 0. The van der Waals surface area contributed by atoms with Crippen molar-refractivity contribution in [2.24, 2.45) is 10.4 Å². The summed E-state index contributed by atoms with van der Waals surface area (Å²) in [6.07, 6.45) is -2.83. The molecule has 3 aliphatic carbocycles. The van der Waals surface area contributed by atoms with Gasteiger partial charge in [0.1, 0.15) is 5.84 Å². The Labute approximate surface area is 141 Å². The highest BCUT2D eigenvalue weighted by Crippen LogP contribution is 2.68. The summed E-state index contributed by atoms with van der Waals surface area (Å²) in [4.78, 5) is 4.70. The number of hydrogen-bond acceptors (Lipinski definition) is 5. The van der Waals surface area contributed by atoms with Crippen LogP contribution in [0.4, 0.5) is 13.2 Å². The number of aliphatic imine (C=N–C) groups is 1. The molecular formula is C14H22F3N4O2S-. The second-order valence-electron chi connectivity index (χ2n) is 7.84. The molecule has 3 saturated carbocycles. The van der Waals surface area contributed by atoms with E-state index in [-0.39, 0.29) is 29.1 Å². The van der Waals surface area contributed by atoms with Crippen LogP contribution >= 0.6 is 0 Å². The Morgan fingerprint density at radius 3 is 2.54 bits per heavy atom. The Morgan fingerprint density at radius 1 is 1.38 bits per heavy atom. The molecule has 1 aliphatic heterocycles. The van der Waals surface area contributed by atoms with Crippen molar-refractivity contribution in [1.82, 2.24) is 15.4 Å². The molecule has 4 rings (SSSR count). The van der Waals surface area contributed by atoms with Gasteiger partial charge >= 0.3 is 6.18 Å². The lowest BCUT2D eigenvalue weighted by atomic mass is 9.39. The van der Waals surface area contributed by atoms with Gasteiger partial charge in [-0.2, -0.15) is 13.2 Å². The van der Waals surface area contributed by atoms with Crippen molar-refractivity contribution in [3.8, 4) is 0 Å². The maximum absolute atomic E-state index is 12.2. The molecule has 138 valence electrons. The van der Waals surface area contributed by atoms with Crippen molar-refractivity contribution in [2.45, 2.75) is 62.8 Å². The number of halogens is 3. The first kappa shape index (κ1) is 18.1. The fraction of sp³-hybridized carbons (Fsp3) is 0.929. The van der Waals surface area contributed by atoms with Crippen LogP contribution in [0.5, 0.6) is 0 Å². The van der Waals surface area contributed by atoms with Crippen LogP contribution < -0.4 is 15.4 Å². The van der Waals surface area contributed by atoms with Crippen LogP contribution in [-0.2, 0) is 11.3 Å². The summed E-state index contributed by atoms with van der Waals surface area (Å²) in [5.41, 5.74) is -0.744. The van der Waals surface area contributed by atoms with Crippen molar-refractivity contribution in [1.29, 1.82) is 0 Å². The van der Waals surface area contributed by atoms with Gasteiger partial charge in [-0.1, -0.05) is 0 Å². The highest BCUT2D eigenvalue weighted by Gasteiger charge is 2.71. The van der Waals surface area contributed by atoms with Gasteiger partial charge < -0.3 is 15.2 Å². The first-order chi connectivity index (χ1) is 11.0. The molecule has 0 aromatic carbocycles. The first-order valence-corrected chi connectivity index (χ1v) is 9.04. The van der Waals surface area contributed by atoms with Crippen molar-refractivity contribution in [2.75, 3.05) is 13.1 Å². The molecule has 0 aromatic rings. The Kier molecular flexibility index (Phi) is 4.26. The van der Waals surface area contributed by atoms with Gasteiger partial charge in [-0.15, -0.1) is 0 Å².